The first-order chi connectivity index (χ1) is 8.79. The lowest BCUT2D eigenvalue weighted by Crippen LogP contribution is -2.49. The maximum absolute atomic E-state index is 12.3. The van der Waals surface area contributed by atoms with Crippen molar-refractivity contribution < 1.29 is 19.4 Å². The number of hydrogen-bond acceptors (Lipinski definition) is 4. The van der Waals surface area contributed by atoms with Crippen LogP contribution in [0.15, 0.2) is 12.2 Å². The van der Waals surface area contributed by atoms with Gasteiger partial charge in [-0.15, -0.1) is 0 Å². The Hall–Kier alpha value is -1.16. The highest BCUT2D eigenvalue weighted by molar-refractivity contribution is 5.92. The Morgan fingerprint density at radius 1 is 1.42 bits per heavy atom. The lowest BCUT2D eigenvalue weighted by atomic mass is 9.66. The summed E-state index contributed by atoms with van der Waals surface area (Å²) in [5, 5.41) is 11.0. The van der Waals surface area contributed by atoms with Gasteiger partial charge in [0.15, 0.2) is 0 Å². The molecule has 4 heteroatoms. The van der Waals surface area contributed by atoms with E-state index in [0.29, 0.717) is 31.3 Å². The average molecular weight is 264 g/mol. The van der Waals surface area contributed by atoms with Crippen LogP contribution in [0, 0.1) is 17.3 Å². The molecule has 19 heavy (non-hydrogen) atoms. The Morgan fingerprint density at radius 2 is 2.11 bits per heavy atom. The number of carbonyl (C=O) groups is 2. The van der Waals surface area contributed by atoms with Crippen LogP contribution in [0.2, 0.25) is 0 Å². The highest BCUT2D eigenvalue weighted by atomic mass is 16.6. The Morgan fingerprint density at radius 3 is 2.79 bits per heavy atom. The van der Waals surface area contributed by atoms with Crippen LogP contribution in [0.25, 0.3) is 0 Å². The maximum atomic E-state index is 12.3. The molecule has 1 heterocycles. The van der Waals surface area contributed by atoms with E-state index in [1.54, 1.807) is 0 Å². The van der Waals surface area contributed by atoms with E-state index in [9.17, 15) is 14.7 Å². The molecular weight excluding hydrogens is 244 g/mol. The van der Waals surface area contributed by atoms with E-state index in [2.05, 4.69) is 6.58 Å². The fourth-order valence-corrected chi connectivity index (χ4v) is 4.30. The molecular formula is C15H20O4. The first kappa shape index (κ1) is 12.9. The van der Waals surface area contributed by atoms with Gasteiger partial charge in [-0.25, -0.2) is 4.79 Å². The number of rotatable bonds is 0. The smallest absolute Gasteiger partial charge is 0.334 e. The molecule has 5 atom stereocenters. The van der Waals surface area contributed by atoms with Crippen molar-refractivity contribution in [2.75, 3.05) is 0 Å². The first-order valence-electron chi connectivity index (χ1n) is 6.95. The molecule has 104 valence electrons. The van der Waals surface area contributed by atoms with Crippen molar-refractivity contribution in [1.29, 1.82) is 0 Å². The van der Waals surface area contributed by atoms with E-state index in [1.165, 1.54) is 0 Å². The van der Waals surface area contributed by atoms with Crippen molar-refractivity contribution in [1.82, 2.24) is 0 Å². The van der Waals surface area contributed by atoms with Gasteiger partial charge in [-0.05, 0) is 32.1 Å². The zero-order valence-electron chi connectivity index (χ0n) is 11.4. The van der Waals surface area contributed by atoms with Crippen LogP contribution >= 0.6 is 0 Å². The van der Waals surface area contributed by atoms with Crippen LogP contribution in [0.3, 0.4) is 0 Å². The number of ether oxygens (including phenoxy) is 1. The van der Waals surface area contributed by atoms with Gasteiger partial charge in [-0.2, -0.15) is 0 Å². The van der Waals surface area contributed by atoms with Gasteiger partial charge < -0.3 is 9.84 Å². The SMILES string of the molecule is C=C1C(=O)OC2CC(C)C3(O)CCC(=O)C3(C)CC12. The van der Waals surface area contributed by atoms with Crippen molar-refractivity contribution in [2.24, 2.45) is 17.3 Å². The standard InChI is InChI=1S/C15H20O4/c1-8-6-11-10(9(2)13(17)19-11)7-14(3)12(16)4-5-15(8,14)18/h8,10-11,18H,2,4-7H2,1,3H3. The molecule has 3 aliphatic rings. The zero-order valence-corrected chi connectivity index (χ0v) is 11.4. The van der Waals surface area contributed by atoms with Crippen molar-refractivity contribution in [3.05, 3.63) is 12.2 Å². The number of hydrogen-bond donors (Lipinski definition) is 1. The van der Waals surface area contributed by atoms with Crippen LogP contribution < -0.4 is 0 Å². The molecule has 3 fully saturated rings. The third kappa shape index (κ3) is 1.43. The summed E-state index contributed by atoms with van der Waals surface area (Å²) < 4.78 is 5.36. The Kier molecular flexibility index (Phi) is 2.50. The molecule has 0 aromatic carbocycles. The summed E-state index contributed by atoms with van der Waals surface area (Å²) >= 11 is 0. The van der Waals surface area contributed by atoms with Crippen LogP contribution in [-0.4, -0.2) is 28.6 Å². The van der Waals surface area contributed by atoms with E-state index in [0.717, 1.165) is 0 Å². The fourth-order valence-electron chi connectivity index (χ4n) is 4.30. The molecule has 0 bridgehead atoms. The van der Waals surface area contributed by atoms with Crippen molar-refractivity contribution in [3.8, 4) is 0 Å². The Balaban J connectivity index is 2.05. The number of esters is 1. The van der Waals surface area contributed by atoms with Crippen LogP contribution in [0.5, 0.6) is 0 Å². The molecule has 0 radical (unpaired) electrons. The molecule has 0 spiro atoms. The molecule has 5 unspecified atom stereocenters. The second-order valence-corrected chi connectivity index (χ2v) is 6.60. The summed E-state index contributed by atoms with van der Waals surface area (Å²) in [5.74, 6) is -0.426. The molecule has 4 nitrogen and oxygen atoms in total. The third-order valence-electron chi connectivity index (χ3n) is 5.75. The molecule has 2 saturated carbocycles. The fraction of sp³-hybridized carbons (Fsp3) is 0.733. The number of aliphatic hydroxyl groups is 1. The molecule has 0 amide bonds. The summed E-state index contributed by atoms with van der Waals surface area (Å²) in [4.78, 5) is 23.9. The number of ketones is 1. The summed E-state index contributed by atoms with van der Waals surface area (Å²) in [5.41, 5.74) is -1.29. The largest absolute Gasteiger partial charge is 0.458 e. The normalized spacial score (nSPS) is 49.6. The first-order valence-corrected chi connectivity index (χ1v) is 6.95. The molecule has 1 N–H and O–H groups in total. The topological polar surface area (TPSA) is 63.6 Å². The molecule has 0 aromatic heterocycles. The van der Waals surface area contributed by atoms with Crippen molar-refractivity contribution in [3.63, 3.8) is 0 Å². The van der Waals surface area contributed by atoms with Gasteiger partial charge >= 0.3 is 5.97 Å². The van der Waals surface area contributed by atoms with Crippen LogP contribution in [-0.2, 0) is 14.3 Å². The maximum Gasteiger partial charge on any atom is 0.334 e. The van der Waals surface area contributed by atoms with Crippen LogP contribution in [0.1, 0.15) is 39.5 Å². The summed E-state index contributed by atoms with van der Waals surface area (Å²) in [7, 11) is 0. The minimum Gasteiger partial charge on any atom is -0.458 e. The van der Waals surface area contributed by atoms with Gasteiger partial charge in [0.2, 0.25) is 0 Å². The molecule has 3 rings (SSSR count). The summed E-state index contributed by atoms with van der Waals surface area (Å²) in [6.45, 7) is 7.61. The predicted octanol–water partition coefficient (Wildman–Crippen LogP) is 1.61. The van der Waals surface area contributed by atoms with E-state index >= 15 is 0 Å². The number of Topliss-reactive ketones (excluding diaryl/α,β-unsaturated/α-hetero) is 1. The Bertz CT molecular complexity index is 483. The van der Waals surface area contributed by atoms with E-state index in [1.807, 2.05) is 13.8 Å². The molecule has 0 aromatic rings. The lowest BCUT2D eigenvalue weighted by Gasteiger charge is -2.41. The monoisotopic (exact) mass is 264 g/mol. The highest BCUT2D eigenvalue weighted by Gasteiger charge is 2.63. The Labute approximate surface area is 112 Å². The van der Waals surface area contributed by atoms with Gasteiger partial charge in [-0.3, -0.25) is 4.79 Å². The van der Waals surface area contributed by atoms with Gasteiger partial charge in [0, 0.05) is 17.9 Å². The third-order valence-corrected chi connectivity index (χ3v) is 5.75. The predicted molar refractivity (Wildman–Crippen MR) is 68.2 cm³/mol. The van der Waals surface area contributed by atoms with Crippen molar-refractivity contribution in [2.45, 2.75) is 51.2 Å². The number of carbonyl (C=O) groups excluding carboxylic acids is 2. The highest BCUT2D eigenvalue weighted by Crippen LogP contribution is 2.57. The minimum atomic E-state index is -0.971. The van der Waals surface area contributed by atoms with Crippen molar-refractivity contribution >= 4 is 11.8 Å². The molecule has 1 saturated heterocycles. The second-order valence-electron chi connectivity index (χ2n) is 6.60. The average Bonchev–Trinajstić information content (AvgIpc) is 2.70. The van der Waals surface area contributed by atoms with Gasteiger partial charge in [0.25, 0.3) is 0 Å². The van der Waals surface area contributed by atoms with Gasteiger partial charge in [0.1, 0.15) is 11.9 Å². The quantitative estimate of drug-likeness (QED) is 0.533. The van der Waals surface area contributed by atoms with Gasteiger partial charge in [0.05, 0.1) is 11.0 Å². The van der Waals surface area contributed by atoms with Gasteiger partial charge in [-0.1, -0.05) is 13.5 Å². The lowest BCUT2D eigenvalue weighted by molar-refractivity contribution is -0.144. The molecule has 1 aliphatic heterocycles. The summed E-state index contributed by atoms with van der Waals surface area (Å²) in [6, 6.07) is 0. The second kappa shape index (κ2) is 3.69. The number of fused-ring (bicyclic) bond motifs is 2. The molecule has 2 aliphatic carbocycles. The minimum absolute atomic E-state index is 0.0577. The van der Waals surface area contributed by atoms with E-state index in [-0.39, 0.29) is 29.7 Å². The van der Waals surface area contributed by atoms with E-state index < -0.39 is 11.0 Å². The zero-order chi connectivity index (χ0) is 14.0. The van der Waals surface area contributed by atoms with E-state index in [4.69, 9.17) is 4.74 Å². The van der Waals surface area contributed by atoms with Crippen LogP contribution in [0.4, 0.5) is 0 Å². The summed E-state index contributed by atoms with van der Waals surface area (Å²) in [6.07, 6.45) is 1.80.